The van der Waals surface area contributed by atoms with Gasteiger partial charge in [-0.3, -0.25) is 0 Å². The molecule has 0 radical (unpaired) electrons. The van der Waals surface area contributed by atoms with Crippen LogP contribution in [0.3, 0.4) is 0 Å². The number of halogens is 2. The Morgan fingerprint density at radius 3 is 2.79 bits per heavy atom. The number of ether oxygens (including phenoxy) is 1. The van der Waals surface area contributed by atoms with E-state index in [4.69, 9.17) is 16.3 Å². The Balaban J connectivity index is 2.06. The highest BCUT2D eigenvalue weighted by Gasteiger charge is 2.05. The predicted octanol–water partition coefficient (Wildman–Crippen LogP) is 4.49. The van der Waals surface area contributed by atoms with Crippen molar-refractivity contribution >= 4 is 17.3 Å². The number of anilines is 1. The summed E-state index contributed by atoms with van der Waals surface area (Å²) in [6, 6.07) is 12.5. The van der Waals surface area contributed by atoms with Crippen molar-refractivity contribution in [2.24, 2.45) is 0 Å². The Labute approximate surface area is 117 Å². The monoisotopic (exact) mass is 279 g/mol. The molecule has 100 valence electrons. The number of benzene rings is 2. The van der Waals surface area contributed by atoms with Crippen LogP contribution in [0.25, 0.3) is 0 Å². The molecule has 2 rings (SSSR count). The molecule has 0 aliphatic rings. The van der Waals surface area contributed by atoms with Gasteiger partial charge in [0.05, 0.1) is 11.6 Å². The van der Waals surface area contributed by atoms with Gasteiger partial charge >= 0.3 is 0 Å². The molecule has 0 heterocycles. The van der Waals surface area contributed by atoms with Crippen LogP contribution in [0.1, 0.15) is 12.5 Å². The van der Waals surface area contributed by atoms with Crippen LogP contribution in [-0.4, -0.2) is 6.61 Å². The van der Waals surface area contributed by atoms with E-state index in [-0.39, 0.29) is 10.8 Å². The van der Waals surface area contributed by atoms with E-state index in [0.29, 0.717) is 18.7 Å². The number of rotatable bonds is 5. The fraction of sp³-hybridized carbons (Fsp3) is 0.200. The van der Waals surface area contributed by atoms with Gasteiger partial charge in [-0.1, -0.05) is 29.8 Å². The molecule has 0 aliphatic heterocycles. The van der Waals surface area contributed by atoms with Crippen molar-refractivity contribution in [3.05, 3.63) is 58.9 Å². The highest BCUT2D eigenvalue weighted by atomic mass is 35.5. The molecule has 0 bridgehead atoms. The lowest BCUT2D eigenvalue weighted by molar-refractivity contribution is 0.340. The minimum absolute atomic E-state index is 0.141. The number of hydrogen-bond donors (Lipinski definition) is 1. The predicted molar refractivity (Wildman–Crippen MR) is 76.3 cm³/mol. The van der Waals surface area contributed by atoms with E-state index < -0.39 is 0 Å². The summed E-state index contributed by atoms with van der Waals surface area (Å²) in [6.45, 7) is 2.93. The molecule has 0 atom stereocenters. The third kappa shape index (κ3) is 3.61. The van der Waals surface area contributed by atoms with Crippen LogP contribution in [0.4, 0.5) is 10.1 Å². The average Bonchev–Trinajstić information content (AvgIpc) is 2.41. The molecule has 2 aromatic rings. The maximum Gasteiger partial charge on any atom is 0.146 e. The minimum atomic E-state index is -0.377. The Kier molecular flexibility index (Phi) is 4.63. The van der Waals surface area contributed by atoms with Crippen LogP contribution in [0.5, 0.6) is 5.75 Å². The summed E-state index contributed by atoms with van der Waals surface area (Å²) in [5, 5.41) is 3.29. The van der Waals surface area contributed by atoms with Crippen molar-refractivity contribution in [2.75, 3.05) is 11.9 Å². The molecule has 0 amide bonds. The summed E-state index contributed by atoms with van der Waals surface area (Å²) in [6.07, 6.45) is 0. The van der Waals surface area contributed by atoms with Crippen molar-refractivity contribution in [1.82, 2.24) is 0 Å². The summed E-state index contributed by atoms with van der Waals surface area (Å²) < 4.78 is 19.1. The summed E-state index contributed by atoms with van der Waals surface area (Å²) in [4.78, 5) is 0. The Hall–Kier alpha value is -1.74. The second-order valence-corrected chi connectivity index (χ2v) is 4.43. The first-order chi connectivity index (χ1) is 9.20. The number of nitrogens with one attached hydrogen (secondary N) is 1. The summed E-state index contributed by atoms with van der Waals surface area (Å²) in [7, 11) is 0. The van der Waals surface area contributed by atoms with Crippen LogP contribution in [-0.2, 0) is 6.54 Å². The second kappa shape index (κ2) is 6.43. The van der Waals surface area contributed by atoms with E-state index in [1.807, 2.05) is 31.2 Å². The second-order valence-electron chi connectivity index (χ2n) is 4.03. The zero-order chi connectivity index (χ0) is 13.7. The van der Waals surface area contributed by atoms with Gasteiger partial charge in [-0.05, 0) is 25.1 Å². The summed E-state index contributed by atoms with van der Waals surface area (Å²) in [5.41, 5.74) is 1.42. The molecule has 2 nitrogen and oxygen atoms in total. The molecule has 0 saturated carbocycles. The van der Waals surface area contributed by atoms with Gasteiger partial charge in [0, 0.05) is 23.9 Å². The number of hydrogen-bond acceptors (Lipinski definition) is 2. The zero-order valence-corrected chi connectivity index (χ0v) is 11.4. The van der Waals surface area contributed by atoms with E-state index in [9.17, 15) is 4.39 Å². The van der Waals surface area contributed by atoms with Crippen LogP contribution in [0.15, 0.2) is 42.5 Å². The van der Waals surface area contributed by atoms with E-state index in [1.54, 1.807) is 12.1 Å². The van der Waals surface area contributed by atoms with Crippen LogP contribution in [0.2, 0.25) is 5.02 Å². The average molecular weight is 280 g/mol. The van der Waals surface area contributed by atoms with Gasteiger partial charge in [0.15, 0.2) is 0 Å². The normalized spacial score (nSPS) is 10.3. The van der Waals surface area contributed by atoms with Crippen LogP contribution >= 0.6 is 11.6 Å². The highest BCUT2D eigenvalue weighted by molar-refractivity contribution is 6.30. The molecule has 0 unspecified atom stereocenters. The fourth-order valence-electron chi connectivity index (χ4n) is 1.74. The molecule has 2 aromatic carbocycles. The standard InChI is InChI=1S/C15H15ClFNO/c1-2-19-13-7-4-6-12(9-13)18-10-11-5-3-8-14(16)15(11)17/h3-9,18H,2,10H2,1H3. The molecular formula is C15H15ClFNO. The van der Waals surface area contributed by atoms with E-state index >= 15 is 0 Å². The summed E-state index contributed by atoms with van der Waals surface area (Å²) >= 11 is 5.74. The quantitative estimate of drug-likeness (QED) is 0.871. The maximum absolute atomic E-state index is 13.7. The lowest BCUT2D eigenvalue weighted by Gasteiger charge is -2.10. The third-order valence-electron chi connectivity index (χ3n) is 2.66. The maximum atomic E-state index is 13.7. The van der Waals surface area contributed by atoms with Crippen molar-refractivity contribution in [1.29, 1.82) is 0 Å². The molecule has 1 N–H and O–H groups in total. The molecule has 0 aliphatic carbocycles. The topological polar surface area (TPSA) is 21.3 Å². The van der Waals surface area contributed by atoms with E-state index in [2.05, 4.69) is 5.32 Å². The molecule has 0 saturated heterocycles. The highest BCUT2D eigenvalue weighted by Crippen LogP contribution is 2.21. The molecule has 0 fully saturated rings. The SMILES string of the molecule is CCOc1cccc(NCc2cccc(Cl)c2F)c1. The van der Waals surface area contributed by atoms with E-state index in [1.165, 1.54) is 6.07 Å². The van der Waals surface area contributed by atoms with Crippen molar-refractivity contribution < 1.29 is 9.13 Å². The van der Waals surface area contributed by atoms with Gasteiger partial charge in [0.2, 0.25) is 0 Å². The largest absolute Gasteiger partial charge is 0.494 e. The van der Waals surface area contributed by atoms with Crippen molar-refractivity contribution in [2.45, 2.75) is 13.5 Å². The summed E-state index contributed by atoms with van der Waals surface area (Å²) in [5.74, 6) is 0.414. The van der Waals surface area contributed by atoms with Gasteiger partial charge in [-0.2, -0.15) is 0 Å². The Morgan fingerprint density at radius 1 is 1.21 bits per heavy atom. The first-order valence-electron chi connectivity index (χ1n) is 6.10. The molecular weight excluding hydrogens is 265 g/mol. The first-order valence-corrected chi connectivity index (χ1v) is 6.48. The van der Waals surface area contributed by atoms with Crippen LogP contribution < -0.4 is 10.1 Å². The molecule has 0 spiro atoms. The molecule has 4 heteroatoms. The lowest BCUT2D eigenvalue weighted by atomic mass is 10.2. The fourth-order valence-corrected chi connectivity index (χ4v) is 1.94. The smallest absolute Gasteiger partial charge is 0.146 e. The van der Waals surface area contributed by atoms with Gasteiger partial charge in [-0.25, -0.2) is 4.39 Å². The van der Waals surface area contributed by atoms with Crippen molar-refractivity contribution in [3.63, 3.8) is 0 Å². The molecule has 19 heavy (non-hydrogen) atoms. The van der Waals surface area contributed by atoms with Gasteiger partial charge < -0.3 is 10.1 Å². The molecule has 0 aromatic heterocycles. The zero-order valence-electron chi connectivity index (χ0n) is 10.6. The lowest BCUT2D eigenvalue weighted by Crippen LogP contribution is -2.02. The van der Waals surface area contributed by atoms with Gasteiger partial charge in [0.25, 0.3) is 0 Å². The van der Waals surface area contributed by atoms with Gasteiger partial charge in [-0.15, -0.1) is 0 Å². The van der Waals surface area contributed by atoms with Crippen molar-refractivity contribution in [3.8, 4) is 5.75 Å². The first kappa shape index (κ1) is 13.7. The minimum Gasteiger partial charge on any atom is -0.494 e. The Morgan fingerprint density at radius 2 is 2.00 bits per heavy atom. The van der Waals surface area contributed by atoms with E-state index in [0.717, 1.165) is 11.4 Å². The van der Waals surface area contributed by atoms with Crippen LogP contribution in [0, 0.1) is 5.82 Å². The Bertz CT molecular complexity index is 560. The van der Waals surface area contributed by atoms with Gasteiger partial charge in [0.1, 0.15) is 11.6 Å². The third-order valence-corrected chi connectivity index (χ3v) is 2.95.